The summed E-state index contributed by atoms with van der Waals surface area (Å²) in [5, 5.41) is 25.0. The van der Waals surface area contributed by atoms with Crippen molar-refractivity contribution in [3.63, 3.8) is 0 Å². The molecule has 9 heteroatoms. The summed E-state index contributed by atoms with van der Waals surface area (Å²) in [6.07, 6.45) is 0.0604. The zero-order valence-electron chi connectivity index (χ0n) is 15.7. The van der Waals surface area contributed by atoms with Crippen molar-refractivity contribution in [2.45, 2.75) is 31.8 Å². The van der Waals surface area contributed by atoms with E-state index in [0.29, 0.717) is 0 Å². The molecule has 0 aliphatic heterocycles. The number of benzene rings is 2. The number of hydrogen-bond donors (Lipinski definition) is 3. The lowest BCUT2D eigenvalue weighted by molar-refractivity contribution is -0.384. The van der Waals surface area contributed by atoms with E-state index in [0.717, 1.165) is 11.6 Å². The van der Waals surface area contributed by atoms with Crippen molar-refractivity contribution in [3.8, 4) is 0 Å². The zero-order valence-corrected chi connectivity index (χ0v) is 15.7. The van der Waals surface area contributed by atoms with Gasteiger partial charge in [-0.1, -0.05) is 36.4 Å². The largest absolute Gasteiger partial charge is 0.481 e. The van der Waals surface area contributed by atoms with Crippen LogP contribution in [0.4, 0.5) is 5.69 Å². The van der Waals surface area contributed by atoms with E-state index < -0.39 is 34.8 Å². The summed E-state index contributed by atoms with van der Waals surface area (Å²) in [6, 6.07) is 12.6. The van der Waals surface area contributed by atoms with Crippen molar-refractivity contribution >= 4 is 23.5 Å². The van der Waals surface area contributed by atoms with E-state index in [1.165, 1.54) is 25.1 Å². The molecule has 2 aromatic carbocycles. The highest BCUT2D eigenvalue weighted by Crippen LogP contribution is 2.19. The van der Waals surface area contributed by atoms with Gasteiger partial charge in [-0.3, -0.25) is 24.5 Å². The highest BCUT2D eigenvalue weighted by molar-refractivity contribution is 5.97. The average molecular weight is 399 g/mol. The lowest BCUT2D eigenvalue weighted by atomic mass is 10.0. The van der Waals surface area contributed by atoms with Crippen molar-refractivity contribution in [1.82, 2.24) is 10.6 Å². The Morgan fingerprint density at radius 1 is 1.07 bits per heavy atom. The molecular weight excluding hydrogens is 378 g/mol. The third-order valence-corrected chi connectivity index (χ3v) is 4.23. The fourth-order valence-electron chi connectivity index (χ4n) is 2.68. The van der Waals surface area contributed by atoms with Crippen LogP contribution in [0.25, 0.3) is 0 Å². The van der Waals surface area contributed by atoms with Gasteiger partial charge >= 0.3 is 5.97 Å². The minimum absolute atomic E-state index is 0.0596. The molecule has 0 fully saturated rings. The van der Waals surface area contributed by atoms with E-state index >= 15 is 0 Å². The van der Waals surface area contributed by atoms with Gasteiger partial charge in [0.25, 0.3) is 11.6 Å². The Hall–Kier alpha value is -3.75. The van der Waals surface area contributed by atoms with E-state index in [9.17, 15) is 24.5 Å². The number of nitro benzene ring substituents is 1. The van der Waals surface area contributed by atoms with E-state index in [2.05, 4.69) is 10.6 Å². The number of non-ortho nitro benzene ring substituents is 1. The van der Waals surface area contributed by atoms with E-state index in [-0.39, 0.29) is 24.1 Å². The number of nitrogens with zero attached hydrogens (tertiary/aromatic N) is 1. The molecule has 2 aromatic rings. The third-order valence-electron chi connectivity index (χ3n) is 4.23. The first-order chi connectivity index (χ1) is 13.8. The first kappa shape index (κ1) is 21.5. The number of carbonyl (C=O) groups is 3. The van der Waals surface area contributed by atoms with Gasteiger partial charge in [-0.2, -0.15) is 0 Å². The van der Waals surface area contributed by atoms with Crippen LogP contribution in [0.2, 0.25) is 0 Å². The topological polar surface area (TPSA) is 139 Å². The van der Waals surface area contributed by atoms with Crippen LogP contribution in [0.15, 0.2) is 54.6 Å². The number of nitro groups is 1. The Morgan fingerprint density at radius 3 is 2.38 bits per heavy atom. The first-order valence-corrected chi connectivity index (χ1v) is 8.90. The van der Waals surface area contributed by atoms with Crippen LogP contribution in [0.3, 0.4) is 0 Å². The second kappa shape index (κ2) is 9.98. The maximum absolute atomic E-state index is 12.5. The first-order valence-electron chi connectivity index (χ1n) is 8.90. The molecule has 0 heterocycles. The lowest BCUT2D eigenvalue weighted by Crippen LogP contribution is -2.46. The van der Waals surface area contributed by atoms with E-state index in [4.69, 9.17) is 5.11 Å². The van der Waals surface area contributed by atoms with Crippen molar-refractivity contribution in [1.29, 1.82) is 0 Å². The molecule has 0 saturated carbocycles. The van der Waals surface area contributed by atoms with Crippen LogP contribution in [0.5, 0.6) is 0 Å². The van der Waals surface area contributed by atoms with Crippen LogP contribution < -0.4 is 10.6 Å². The number of amides is 2. The summed E-state index contributed by atoms with van der Waals surface area (Å²) >= 11 is 0. The molecule has 0 spiro atoms. The van der Waals surface area contributed by atoms with Gasteiger partial charge in [0.1, 0.15) is 6.04 Å². The quantitative estimate of drug-likeness (QED) is 0.437. The van der Waals surface area contributed by atoms with Crippen LogP contribution in [-0.4, -0.2) is 33.9 Å². The molecule has 0 bridgehead atoms. The average Bonchev–Trinajstić information content (AvgIpc) is 2.71. The number of rotatable bonds is 9. The summed E-state index contributed by atoms with van der Waals surface area (Å²) in [5.74, 6) is -2.10. The predicted molar refractivity (Wildman–Crippen MR) is 104 cm³/mol. The number of carbonyl (C=O) groups excluding carboxylic acids is 2. The summed E-state index contributed by atoms with van der Waals surface area (Å²) < 4.78 is 0. The summed E-state index contributed by atoms with van der Waals surface area (Å²) in [7, 11) is 0. The maximum atomic E-state index is 12.5. The zero-order chi connectivity index (χ0) is 21.4. The van der Waals surface area contributed by atoms with Crippen molar-refractivity contribution < 1.29 is 24.4 Å². The third kappa shape index (κ3) is 6.42. The molecule has 0 radical (unpaired) electrons. The monoisotopic (exact) mass is 399 g/mol. The molecule has 2 atom stereocenters. The summed E-state index contributed by atoms with van der Waals surface area (Å²) in [6.45, 7) is 1.48. The van der Waals surface area contributed by atoms with Gasteiger partial charge in [0.15, 0.2) is 0 Å². The molecule has 0 saturated heterocycles. The lowest BCUT2D eigenvalue weighted by Gasteiger charge is -2.21. The van der Waals surface area contributed by atoms with Crippen molar-refractivity contribution in [2.24, 2.45) is 0 Å². The predicted octanol–water partition coefficient (Wildman–Crippen LogP) is 2.44. The Labute approximate surface area is 166 Å². The van der Waals surface area contributed by atoms with Gasteiger partial charge in [-0.15, -0.1) is 0 Å². The fraction of sp³-hybridized carbons (Fsp3) is 0.250. The molecule has 29 heavy (non-hydrogen) atoms. The van der Waals surface area contributed by atoms with Crippen LogP contribution in [-0.2, 0) is 9.59 Å². The van der Waals surface area contributed by atoms with Crippen molar-refractivity contribution in [3.05, 3.63) is 75.8 Å². The van der Waals surface area contributed by atoms with Gasteiger partial charge < -0.3 is 15.7 Å². The molecule has 9 nitrogen and oxygen atoms in total. The molecule has 0 aromatic heterocycles. The van der Waals surface area contributed by atoms with E-state index in [1.807, 2.05) is 6.07 Å². The number of aliphatic carboxylic acids is 1. The normalized spacial score (nSPS) is 12.4. The Morgan fingerprint density at radius 2 is 1.76 bits per heavy atom. The molecule has 3 N–H and O–H groups in total. The van der Waals surface area contributed by atoms with Crippen LogP contribution in [0.1, 0.15) is 41.7 Å². The van der Waals surface area contributed by atoms with Gasteiger partial charge in [-0.25, -0.2) is 0 Å². The molecule has 0 aliphatic carbocycles. The summed E-state index contributed by atoms with van der Waals surface area (Å²) in [5.41, 5.74) is 0.580. The SMILES string of the molecule is CC(NC(=O)c1cccc([N+](=O)[O-])c1)C(=O)NC(CCC(=O)O)c1ccccc1. The highest BCUT2D eigenvalue weighted by atomic mass is 16.6. The van der Waals surface area contributed by atoms with E-state index in [1.54, 1.807) is 24.3 Å². The van der Waals surface area contributed by atoms with Crippen LogP contribution in [0, 0.1) is 10.1 Å². The molecule has 2 amide bonds. The number of carboxylic acid groups (broad SMARTS) is 1. The molecule has 152 valence electrons. The molecular formula is C20H21N3O6. The molecule has 0 aliphatic rings. The second-order valence-corrected chi connectivity index (χ2v) is 6.41. The molecule has 2 rings (SSSR count). The van der Waals surface area contributed by atoms with Gasteiger partial charge in [-0.05, 0) is 25.0 Å². The van der Waals surface area contributed by atoms with Crippen LogP contribution >= 0.6 is 0 Å². The maximum Gasteiger partial charge on any atom is 0.303 e. The number of carboxylic acids is 1. The minimum Gasteiger partial charge on any atom is -0.481 e. The van der Waals surface area contributed by atoms with Crippen molar-refractivity contribution in [2.75, 3.05) is 0 Å². The summed E-state index contributed by atoms with van der Waals surface area (Å²) in [4.78, 5) is 46.0. The van der Waals surface area contributed by atoms with Gasteiger partial charge in [0, 0.05) is 24.1 Å². The highest BCUT2D eigenvalue weighted by Gasteiger charge is 2.22. The Balaban J connectivity index is 2.05. The second-order valence-electron chi connectivity index (χ2n) is 6.41. The number of hydrogen-bond acceptors (Lipinski definition) is 5. The minimum atomic E-state index is -0.979. The standard InChI is InChI=1S/C20H21N3O6/c1-13(21-20(27)15-8-5-9-16(12-15)23(28)29)19(26)22-17(10-11-18(24)25)14-6-3-2-4-7-14/h2-9,12-13,17H,10-11H2,1H3,(H,21,27)(H,22,26)(H,24,25). The molecule has 2 unspecified atom stereocenters. The Kier molecular flexibility index (Phi) is 7.41. The fourth-order valence-corrected chi connectivity index (χ4v) is 2.68. The smallest absolute Gasteiger partial charge is 0.303 e. The van der Waals surface area contributed by atoms with Gasteiger partial charge in [0.05, 0.1) is 11.0 Å². The Bertz CT molecular complexity index is 900. The number of nitrogens with one attached hydrogen (secondary N) is 2. The van der Waals surface area contributed by atoms with Gasteiger partial charge in [0.2, 0.25) is 5.91 Å².